The Kier molecular flexibility index (Phi) is 5.72. The van der Waals surface area contributed by atoms with Crippen molar-refractivity contribution in [2.24, 2.45) is 23.7 Å². The Morgan fingerprint density at radius 1 is 1.13 bits per heavy atom. The van der Waals surface area contributed by atoms with Crippen molar-refractivity contribution in [3.8, 4) is 0 Å². The van der Waals surface area contributed by atoms with E-state index in [1.807, 2.05) is 0 Å². The molecule has 7 nitrogen and oxygen atoms in total. The van der Waals surface area contributed by atoms with Crippen LogP contribution < -0.4 is 5.32 Å². The minimum absolute atomic E-state index is 0.159. The standard InChI is InChI=1S/C20H19Cl3N2O5/c1-8-2-3-9(21)4-12(8)24-13(26)7-30-14(27)6-25-19(28)15-10-5-11(16(15)20(25)29)18(23)17(10)22/h2-4,10-11,15-18H,5-7H2,1H3,(H,24,26)/t10-,11-,15-,16-,17-,18+/m1/s1. The van der Waals surface area contributed by atoms with E-state index >= 15 is 0 Å². The van der Waals surface area contributed by atoms with Crippen LogP contribution in [-0.4, -0.2) is 52.5 Å². The molecule has 1 saturated heterocycles. The molecule has 30 heavy (non-hydrogen) atoms. The zero-order chi connectivity index (χ0) is 21.7. The average molecular weight is 474 g/mol. The molecule has 3 aliphatic rings. The monoisotopic (exact) mass is 472 g/mol. The topological polar surface area (TPSA) is 92.8 Å². The van der Waals surface area contributed by atoms with Gasteiger partial charge >= 0.3 is 5.97 Å². The van der Waals surface area contributed by atoms with Crippen molar-refractivity contribution in [1.29, 1.82) is 0 Å². The maximum Gasteiger partial charge on any atom is 0.326 e. The highest BCUT2D eigenvalue weighted by Crippen LogP contribution is 2.59. The maximum atomic E-state index is 12.7. The number of carbonyl (C=O) groups excluding carboxylic acids is 4. The zero-order valence-corrected chi connectivity index (χ0v) is 18.2. The number of esters is 1. The van der Waals surface area contributed by atoms with Crippen LogP contribution in [0.1, 0.15) is 12.0 Å². The van der Waals surface area contributed by atoms with Gasteiger partial charge in [0.15, 0.2) is 6.61 Å². The molecule has 2 bridgehead atoms. The molecule has 1 heterocycles. The number of fused-ring (bicyclic) bond motifs is 5. The van der Waals surface area contributed by atoms with Crippen LogP contribution in [-0.2, 0) is 23.9 Å². The number of hydrogen-bond donors (Lipinski definition) is 1. The smallest absolute Gasteiger partial charge is 0.326 e. The summed E-state index contributed by atoms with van der Waals surface area (Å²) in [4.78, 5) is 50.6. The molecular formula is C20H19Cl3N2O5. The third kappa shape index (κ3) is 3.57. The predicted octanol–water partition coefficient (Wildman–Crippen LogP) is 2.60. The number of nitrogens with one attached hydrogen (secondary N) is 1. The van der Waals surface area contributed by atoms with Crippen LogP contribution in [0, 0.1) is 30.6 Å². The van der Waals surface area contributed by atoms with E-state index in [1.165, 1.54) is 0 Å². The number of hydrogen-bond acceptors (Lipinski definition) is 5. The Morgan fingerprint density at radius 3 is 2.33 bits per heavy atom. The summed E-state index contributed by atoms with van der Waals surface area (Å²) in [7, 11) is 0. The van der Waals surface area contributed by atoms with Crippen LogP contribution in [0.4, 0.5) is 5.69 Å². The molecule has 10 heteroatoms. The third-order valence-electron chi connectivity index (χ3n) is 6.20. The van der Waals surface area contributed by atoms with Gasteiger partial charge in [0.1, 0.15) is 6.54 Å². The number of halogens is 3. The predicted molar refractivity (Wildman–Crippen MR) is 110 cm³/mol. The second-order valence-corrected chi connectivity index (χ2v) is 9.38. The quantitative estimate of drug-likeness (QED) is 0.403. The molecule has 0 radical (unpaired) electrons. The van der Waals surface area contributed by atoms with E-state index in [1.54, 1.807) is 25.1 Å². The SMILES string of the molecule is Cc1ccc(Cl)cc1NC(=O)COC(=O)CN1C(=O)[C@@H]2[C@H]3C[C@@H]([C@@H](Cl)[C@H]3Cl)[C@H]2C1=O. The number of amides is 3. The molecule has 2 aliphatic carbocycles. The Hall–Kier alpha value is -1.83. The number of carbonyl (C=O) groups is 4. The van der Waals surface area contributed by atoms with E-state index in [0.717, 1.165) is 10.5 Å². The minimum atomic E-state index is -0.841. The molecule has 3 amide bonds. The molecule has 1 aliphatic heterocycles. The van der Waals surface area contributed by atoms with E-state index in [4.69, 9.17) is 39.5 Å². The Balaban J connectivity index is 1.32. The summed E-state index contributed by atoms with van der Waals surface area (Å²) in [5, 5.41) is 2.34. The van der Waals surface area contributed by atoms with Gasteiger partial charge in [0.25, 0.3) is 5.91 Å². The van der Waals surface area contributed by atoms with Gasteiger partial charge in [-0.15, -0.1) is 23.2 Å². The average Bonchev–Trinajstić information content (AvgIpc) is 3.30. The first-order valence-corrected chi connectivity index (χ1v) is 10.8. The summed E-state index contributed by atoms with van der Waals surface area (Å²) in [5.74, 6) is -3.60. The zero-order valence-electron chi connectivity index (χ0n) is 15.9. The Labute approximate surface area is 188 Å². The number of aryl methyl sites for hydroxylation is 1. The molecule has 1 N–H and O–H groups in total. The van der Waals surface area contributed by atoms with Crippen LogP contribution in [0.25, 0.3) is 0 Å². The van der Waals surface area contributed by atoms with Gasteiger partial charge in [0, 0.05) is 10.7 Å². The van der Waals surface area contributed by atoms with E-state index < -0.39 is 48.7 Å². The summed E-state index contributed by atoms with van der Waals surface area (Å²) in [6, 6.07) is 5.02. The van der Waals surface area contributed by atoms with E-state index in [2.05, 4.69) is 5.32 Å². The van der Waals surface area contributed by atoms with Crippen molar-refractivity contribution >= 4 is 64.2 Å². The highest BCUT2D eigenvalue weighted by molar-refractivity contribution is 6.31. The van der Waals surface area contributed by atoms with Gasteiger partial charge in [-0.3, -0.25) is 24.1 Å². The first-order chi connectivity index (χ1) is 14.2. The van der Waals surface area contributed by atoms with Crippen molar-refractivity contribution in [2.75, 3.05) is 18.5 Å². The molecular weight excluding hydrogens is 455 g/mol. The number of imide groups is 1. The van der Waals surface area contributed by atoms with Crippen molar-refractivity contribution < 1.29 is 23.9 Å². The lowest BCUT2D eigenvalue weighted by molar-refractivity contribution is -0.154. The lowest BCUT2D eigenvalue weighted by Crippen LogP contribution is -2.38. The van der Waals surface area contributed by atoms with E-state index in [0.29, 0.717) is 17.1 Å². The van der Waals surface area contributed by atoms with Gasteiger partial charge < -0.3 is 10.1 Å². The molecule has 2 saturated carbocycles. The summed E-state index contributed by atoms with van der Waals surface area (Å²) < 4.78 is 4.96. The fourth-order valence-electron chi connectivity index (χ4n) is 4.80. The lowest BCUT2D eigenvalue weighted by Gasteiger charge is -2.28. The fourth-order valence-corrected chi connectivity index (χ4v) is 5.87. The molecule has 1 aromatic carbocycles. The highest BCUT2D eigenvalue weighted by Gasteiger charge is 2.66. The molecule has 160 valence electrons. The summed E-state index contributed by atoms with van der Waals surface area (Å²) in [6.45, 7) is 0.712. The number of benzene rings is 1. The number of ether oxygens (including phenoxy) is 1. The lowest BCUT2D eigenvalue weighted by atomic mass is 9.80. The molecule has 1 aromatic rings. The number of anilines is 1. The summed E-state index contributed by atoms with van der Waals surface area (Å²) >= 11 is 18.5. The van der Waals surface area contributed by atoms with Gasteiger partial charge in [-0.2, -0.15) is 0 Å². The van der Waals surface area contributed by atoms with Crippen LogP contribution >= 0.6 is 34.8 Å². The Morgan fingerprint density at radius 2 is 1.73 bits per heavy atom. The maximum absolute atomic E-state index is 12.7. The Bertz CT molecular complexity index is 907. The molecule has 0 unspecified atom stereocenters. The minimum Gasteiger partial charge on any atom is -0.454 e. The van der Waals surface area contributed by atoms with Gasteiger partial charge in [0.05, 0.1) is 22.6 Å². The van der Waals surface area contributed by atoms with Gasteiger partial charge in [-0.1, -0.05) is 17.7 Å². The van der Waals surface area contributed by atoms with Gasteiger partial charge in [0.2, 0.25) is 11.8 Å². The first-order valence-electron chi connectivity index (χ1n) is 9.54. The van der Waals surface area contributed by atoms with E-state index in [-0.39, 0.29) is 22.6 Å². The second kappa shape index (κ2) is 8.02. The number of likely N-dealkylation sites (tertiary alicyclic amines) is 1. The molecule has 0 aromatic heterocycles. The molecule has 3 fully saturated rings. The second-order valence-electron chi connectivity index (χ2n) is 7.93. The van der Waals surface area contributed by atoms with Crippen molar-refractivity contribution in [3.63, 3.8) is 0 Å². The van der Waals surface area contributed by atoms with Crippen LogP contribution in [0.5, 0.6) is 0 Å². The van der Waals surface area contributed by atoms with Crippen molar-refractivity contribution in [1.82, 2.24) is 4.90 Å². The summed E-state index contributed by atoms with van der Waals surface area (Å²) in [6.07, 6.45) is 0.649. The number of rotatable bonds is 5. The molecule has 4 rings (SSSR count). The number of alkyl halides is 2. The summed E-state index contributed by atoms with van der Waals surface area (Å²) in [5.41, 5.74) is 1.30. The van der Waals surface area contributed by atoms with Crippen LogP contribution in [0.3, 0.4) is 0 Å². The van der Waals surface area contributed by atoms with Crippen molar-refractivity contribution in [3.05, 3.63) is 28.8 Å². The van der Waals surface area contributed by atoms with Gasteiger partial charge in [-0.05, 0) is 42.9 Å². The largest absolute Gasteiger partial charge is 0.454 e. The number of nitrogens with zero attached hydrogens (tertiary/aromatic N) is 1. The van der Waals surface area contributed by atoms with Gasteiger partial charge in [-0.25, -0.2) is 0 Å². The molecule has 6 atom stereocenters. The normalized spacial score (nSPS) is 31.8. The first kappa shape index (κ1) is 21.4. The fraction of sp³-hybridized carbons (Fsp3) is 0.500. The molecule has 0 spiro atoms. The van der Waals surface area contributed by atoms with Crippen LogP contribution in [0.2, 0.25) is 5.02 Å². The van der Waals surface area contributed by atoms with Crippen LogP contribution in [0.15, 0.2) is 18.2 Å². The highest BCUT2D eigenvalue weighted by atomic mass is 35.5. The third-order valence-corrected chi connectivity index (χ3v) is 7.76. The van der Waals surface area contributed by atoms with E-state index in [9.17, 15) is 19.2 Å². The van der Waals surface area contributed by atoms with Crippen molar-refractivity contribution in [2.45, 2.75) is 24.1 Å².